The maximum Gasteiger partial charge on any atom is 0.260 e. The first-order chi connectivity index (χ1) is 15.4. The standard InChI is InChI=1S/C24H33N5O3/c1-15-4-5-20-17(12-15)13-19(24(30)26-16(2)25)23(28-20)29-9-6-21(22(14-29)31-3)27-18-7-10-32-11-8-18/h4-5,12-13,18,21-22,27H,6-11,14H2,1-3H3,(H2,25,26,30)/t21-,22+/m1/s1. The van der Waals surface area contributed by atoms with E-state index in [4.69, 9.17) is 19.9 Å². The maximum absolute atomic E-state index is 13.0. The summed E-state index contributed by atoms with van der Waals surface area (Å²) in [7, 11) is 1.75. The number of aryl methyl sites for hydroxylation is 1. The summed E-state index contributed by atoms with van der Waals surface area (Å²) in [6.07, 6.45) is 2.93. The monoisotopic (exact) mass is 439 g/mol. The van der Waals surface area contributed by atoms with Gasteiger partial charge in [0.1, 0.15) is 5.82 Å². The van der Waals surface area contributed by atoms with Crippen LogP contribution in [0.5, 0.6) is 0 Å². The molecule has 1 aromatic carbocycles. The molecule has 1 amide bonds. The number of aromatic nitrogens is 1. The van der Waals surface area contributed by atoms with Gasteiger partial charge in [-0.15, -0.1) is 0 Å². The molecule has 3 N–H and O–H groups in total. The molecule has 2 aliphatic rings. The quantitative estimate of drug-likeness (QED) is 0.489. The molecule has 8 heteroatoms. The number of hydrogen-bond donors (Lipinski definition) is 3. The van der Waals surface area contributed by atoms with E-state index in [0.717, 1.165) is 55.5 Å². The molecule has 0 unspecified atom stereocenters. The second-order valence-corrected chi connectivity index (χ2v) is 8.80. The first-order valence-corrected chi connectivity index (χ1v) is 11.3. The number of amidine groups is 1. The normalized spacial score (nSPS) is 22.2. The van der Waals surface area contributed by atoms with Crippen molar-refractivity contribution in [2.24, 2.45) is 0 Å². The molecule has 2 atom stereocenters. The van der Waals surface area contributed by atoms with Gasteiger partial charge in [0.25, 0.3) is 5.91 Å². The highest BCUT2D eigenvalue weighted by Gasteiger charge is 2.33. The van der Waals surface area contributed by atoms with Gasteiger partial charge in [0.15, 0.2) is 0 Å². The Balaban J connectivity index is 1.60. The molecule has 172 valence electrons. The van der Waals surface area contributed by atoms with Crippen LogP contribution < -0.4 is 15.5 Å². The molecular formula is C24H33N5O3. The minimum Gasteiger partial charge on any atom is -0.381 e. The fourth-order valence-electron chi connectivity index (χ4n) is 4.64. The highest BCUT2D eigenvalue weighted by Crippen LogP contribution is 2.28. The number of carbonyl (C=O) groups is 1. The van der Waals surface area contributed by atoms with E-state index < -0.39 is 0 Å². The number of piperidine rings is 1. The number of benzene rings is 1. The Morgan fingerprint density at radius 3 is 2.75 bits per heavy atom. The third-order valence-electron chi connectivity index (χ3n) is 6.33. The number of fused-ring (bicyclic) bond motifs is 1. The number of methoxy groups -OCH3 is 1. The summed E-state index contributed by atoms with van der Waals surface area (Å²) in [5.74, 6) is 0.450. The van der Waals surface area contributed by atoms with Crippen molar-refractivity contribution in [2.45, 2.75) is 51.3 Å². The van der Waals surface area contributed by atoms with Crippen molar-refractivity contribution >= 4 is 28.5 Å². The van der Waals surface area contributed by atoms with Gasteiger partial charge in [0.05, 0.1) is 23.0 Å². The van der Waals surface area contributed by atoms with Crippen LogP contribution in [-0.4, -0.2) is 68.3 Å². The van der Waals surface area contributed by atoms with Crippen LogP contribution in [0.1, 0.15) is 42.1 Å². The Morgan fingerprint density at radius 1 is 1.25 bits per heavy atom. The fourth-order valence-corrected chi connectivity index (χ4v) is 4.64. The van der Waals surface area contributed by atoms with Crippen LogP contribution in [0.3, 0.4) is 0 Å². The Bertz CT molecular complexity index is 989. The molecule has 2 aliphatic heterocycles. The van der Waals surface area contributed by atoms with Crippen LogP contribution in [0.25, 0.3) is 10.9 Å². The van der Waals surface area contributed by atoms with Gasteiger partial charge in [-0.05, 0) is 51.3 Å². The van der Waals surface area contributed by atoms with Gasteiger partial charge in [-0.1, -0.05) is 11.6 Å². The molecule has 4 rings (SSSR count). The van der Waals surface area contributed by atoms with Crippen molar-refractivity contribution < 1.29 is 14.3 Å². The molecular weight excluding hydrogens is 406 g/mol. The molecule has 0 saturated carbocycles. The lowest BCUT2D eigenvalue weighted by molar-refractivity contribution is 0.0359. The summed E-state index contributed by atoms with van der Waals surface area (Å²) in [4.78, 5) is 20.0. The van der Waals surface area contributed by atoms with E-state index in [1.807, 2.05) is 31.2 Å². The number of hydrogen-bond acceptors (Lipinski definition) is 7. The van der Waals surface area contributed by atoms with Gasteiger partial charge in [-0.2, -0.15) is 0 Å². The van der Waals surface area contributed by atoms with Crippen molar-refractivity contribution in [1.29, 1.82) is 5.41 Å². The molecule has 3 heterocycles. The van der Waals surface area contributed by atoms with Crippen LogP contribution in [0.4, 0.5) is 5.82 Å². The summed E-state index contributed by atoms with van der Waals surface area (Å²) in [5, 5.41) is 15.0. The van der Waals surface area contributed by atoms with E-state index in [1.54, 1.807) is 14.0 Å². The average Bonchev–Trinajstić information content (AvgIpc) is 2.78. The third-order valence-corrected chi connectivity index (χ3v) is 6.33. The summed E-state index contributed by atoms with van der Waals surface area (Å²) in [5.41, 5.74) is 2.45. The number of nitrogens with zero attached hydrogens (tertiary/aromatic N) is 2. The van der Waals surface area contributed by atoms with E-state index >= 15 is 0 Å². The zero-order valence-electron chi connectivity index (χ0n) is 19.1. The van der Waals surface area contributed by atoms with E-state index in [-0.39, 0.29) is 23.9 Å². The summed E-state index contributed by atoms with van der Waals surface area (Å²) < 4.78 is 11.3. The lowest BCUT2D eigenvalue weighted by Crippen LogP contribution is -2.56. The Hall–Kier alpha value is -2.55. The second kappa shape index (κ2) is 9.94. The minimum absolute atomic E-state index is 0.0116. The fraction of sp³-hybridized carbons (Fsp3) is 0.542. The van der Waals surface area contributed by atoms with Crippen LogP contribution >= 0.6 is 0 Å². The van der Waals surface area contributed by atoms with Crippen molar-refractivity contribution in [3.63, 3.8) is 0 Å². The van der Waals surface area contributed by atoms with Crippen molar-refractivity contribution in [2.75, 3.05) is 38.3 Å². The van der Waals surface area contributed by atoms with Crippen molar-refractivity contribution in [3.8, 4) is 0 Å². The minimum atomic E-state index is -0.306. The average molecular weight is 440 g/mol. The molecule has 0 spiro atoms. The lowest BCUT2D eigenvalue weighted by atomic mass is 9.98. The van der Waals surface area contributed by atoms with E-state index in [2.05, 4.69) is 15.5 Å². The van der Waals surface area contributed by atoms with E-state index in [9.17, 15) is 4.79 Å². The van der Waals surface area contributed by atoms with Gasteiger partial charge in [0.2, 0.25) is 0 Å². The predicted octanol–water partition coefficient (Wildman–Crippen LogP) is 2.63. The summed E-state index contributed by atoms with van der Waals surface area (Å²) >= 11 is 0. The smallest absolute Gasteiger partial charge is 0.260 e. The molecule has 8 nitrogen and oxygen atoms in total. The number of anilines is 1. The second-order valence-electron chi connectivity index (χ2n) is 8.80. The predicted molar refractivity (Wildman–Crippen MR) is 126 cm³/mol. The van der Waals surface area contributed by atoms with Crippen LogP contribution in [-0.2, 0) is 9.47 Å². The number of amides is 1. The van der Waals surface area contributed by atoms with Gasteiger partial charge in [-0.25, -0.2) is 4.98 Å². The first kappa shape index (κ1) is 22.6. The summed E-state index contributed by atoms with van der Waals surface area (Å²) in [6, 6.07) is 8.65. The van der Waals surface area contributed by atoms with Crippen molar-refractivity contribution in [3.05, 3.63) is 35.4 Å². The first-order valence-electron chi connectivity index (χ1n) is 11.3. The number of nitrogens with one attached hydrogen (secondary N) is 3. The Labute approximate surface area is 189 Å². The number of rotatable bonds is 5. The van der Waals surface area contributed by atoms with Gasteiger partial charge in [-0.3, -0.25) is 10.2 Å². The van der Waals surface area contributed by atoms with E-state index in [1.165, 1.54) is 0 Å². The molecule has 0 aliphatic carbocycles. The third kappa shape index (κ3) is 5.09. The lowest BCUT2D eigenvalue weighted by Gasteiger charge is -2.41. The zero-order valence-corrected chi connectivity index (χ0v) is 19.1. The Morgan fingerprint density at radius 2 is 2.03 bits per heavy atom. The van der Waals surface area contributed by atoms with E-state index in [0.29, 0.717) is 24.0 Å². The molecule has 32 heavy (non-hydrogen) atoms. The molecule has 2 aromatic rings. The molecule has 1 aromatic heterocycles. The SMILES string of the molecule is CO[C@H]1CN(c2nc3ccc(C)cc3cc2C(=O)NC(C)=N)CC[C@H]1NC1CCOCC1. The van der Waals surface area contributed by atoms with Gasteiger partial charge < -0.3 is 25.0 Å². The number of ether oxygens (including phenoxy) is 2. The van der Waals surface area contributed by atoms with Crippen LogP contribution in [0.2, 0.25) is 0 Å². The van der Waals surface area contributed by atoms with Crippen LogP contribution in [0.15, 0.2) is 24.3 Å². The Kier molecular flexibility index (Phi) is 7.03. The van der Waals surface area contributed by atoms with Crippen molar-refractivity contribution in [1.82, 2.24) is 15.6 Å². The number of pyridine rings is 1. The molecule has 2 fully saturated rings. The molecule has 2 saturated heterocycles. The van der Waals surface area contributed by atoms with Gasteiger partial charge >= 0.3 is 0 Å². The molecule has 0 radical (unpaired) electrons. The highest BCUT2D eigenvalue weighted by molar-refractivity contribution is 6.09. The number of carbonyl (C=O) groups excluding carboxylic acids is 1. The maximum atomic E-state index is 13.0. The zero-order chi connectivity index (χ0) is 22.7. The van der Waals surface area contributed by atoms with Gasteiger partial charge in [0, 0.05) is 50.9 Å². The topological polar surface area (TPSA) is 99.6 Å². The molecule has 0 bridgehead atoms. The highest BCUT2D eigenvalue weighted by atomic mass is 16.5. The largest absolute Gasteiger partial charge is 0.381 e. The van der Waals surface area contributed by atoms with Crippen LogP contribution in [0, 0.1) is 12.3 Å². The summed E-state index contributed by atoms with van der Waals surface area (Å²) in [6.45, 7) is 6.61.